The monoisotopic (exact) mass is 603 g/mol. The number of nitrogens with one attached hydrogen (secondary N) is 3. The van der Waals surface area contributed by atoms with Gasteiger partial charge in [0.25, 0.3) is 5.91 Å². The lowest BCUT2D eigenvalue weighted by Crippen LogP contribution is -2.19. The smallest absolute Gasteiger partial charge is 0.258 e. The minimum absolute atomic E-state index is 0.0315. The van der Waals surface area contributed by atoms with Crippen LogP contribution in [0.1, 0.15) is 28.8 Å². The summed E-state index contributed by atoms with van der Waals surface area (Å²) in [5.74, 6) is -7.03. The number of hydrogen-bond acceptors (Lipinski definition) is 3. The van der Waals surface area contributed by atoms with Crippen molar-refractivity contribution in [1.82, 2.24) is 0 Å². The van der Waals surface area contributed by atoms with Gasteiger partial charge in [-0.2, -0.15) is 0 Å². The molecule has 1 saturated carbocycles. The Morgan fingerprint density at radius 3 is 2.08 bits per heavy atom. The number of alkyl halides is 2. The van der Waals surface area contributed by atoms with Crippen molar-refractivity contribution >= 4 is 81.2 Å². The molecule has 6 nitrogen and oxygen atoms in total. The van der Waals surface area contributed by atoms with Crippen LogP contribution in [0.3, 0.4) is 0 Å². The quantitative estimate of drug-likeness (QED) is 0.261. The first-order valence-corrected chi connectivity index (χ1v) is 12.3. The van der Waals surface area contributed by atoms with Crippen LogP contribution in [0, 0.1) is 23.4 Å². The van der Waals surface area contributed by atoms with Crippen LogP contribution >= 0.6 is 46.4 Å². The van der Waals surface area contributed by atoms with Gasteiger partial charge in [-0.15, -0.1) is 23.2 Å². The summed E-state index contributed by atoms with van der Waals surface area (Å²) in [5, 5.41) is 7.39. The molecule has 1 aliphatic carbocycles. The molecule has 0 bridgehead atoms. The maximum absolute atomic E-state index is 14.5. The molecule has 198 valence electrons. The largest absolute Gasteiger partial charge is 0.326 e. The lowest BCUT2D eigenvalue weighted by molar-refractivity contribution is -0.117. The third kappa shape index (κ3) is 5.71. The zero-order valence-electron chi connectivity index (χ0n) is 19.1. The van der Waals surface area contributed by atoms with Gasteiger partial charge in [-0.25, -0.2) is 13.2 Å². The minimum atomic E-state index is -1.45. The fourth-order valence-corrected chi connectivity index (χ4v) is 5.03. The summed E-state index contributed by atoms with van der Waals surface area (Å²) in [4.78, 5) is 36.9. The highest BCUT2D eigenvalue weighted by Crippen LogP contribution is 2.65. The molecule has 3 N–H and O–H groups in total. The molecule has 13 heteroatoms. The number of rotatable bonds is 6. The average Bonchev–Trinajstić information content (AvgIpc) is 3.41. The molecule has 0 heterocycles. The normalized spacial score (nSPS) is 17.5. The predicted octanol–water partition coefficient (Wildman–Crippen LogP) is 7.15. The molecule has 1 aliphatic rings. The highest BCUT2D eigenvalue weighted by Gasteiger charge is 2.67. The van der Waals surface area contributed by atoms with Gasteiger partial charge in [-0.05, 0) is 42.0 Å². The van der Waals surface area contributed by atoms with Gasteiger partial charge >= 0.3 is 0 Å². The molecule has 3 aromatic rings. The van der Waals surface area contributed by atoms with Crippen LogP contribution in [-0.2, 0) is 9.59 Å². The Morgan fingerprint density at radius 2 is 1.45 bits per heavy atom. The molecule has 4 rings (SSSR count). The predicted molar refractivity (Wildman–Crippen MR) is 141 cm³/mol. The van der Waals surface area contributed by atoms with E-state index in [0.717, 1.165) is 25.1 Å². The van der Waals surface area contributed by atoms with E-state index >= 15 is 0 Å². The topological polar surface area (TPSA) is 87.3 Å². The number of anilines is 3. The fraction of sp³-hybridized carbons (Fsp3) is 0.160. The summed E-state index contributed by atoms with van der Waals surface area (Å²) in [6.45, 7) is 1.11. The second-order valence-electron chi connectivity index (χ2n) is 8.43. The summed E-state index contributed by atoms with van der Waals surface area (Å²) in [6, 6.07) is 9.20. The van der Waals surface area contributed by atoms with Crippen LogP contribution in [0.15, 0.2) is 48.5 Å². The van der Waals surface area contributed by atoms with Crippen LogP contribution < -0.4 is 16.0 Å². The molecule has 1 fully saturated rings. The Hall–Kier alpha value is -2.98. The van der Waals surface area contributed by atoms with Crippen molar-refractivity contribution in [1.29, 1.82) is 0 Å². The molecule has 0 aliphatic heterocycles. The lowest BCUT2D eigenvalue weighted by atomic mass is 10.1. The molecular formula is C25H16Cl4F3N3O3. The Labute approximate surface area is 234 Å². The van der Waals surface area contributed by atoms with E-state index in [1.807, 2.05) is 0 Å². The van der Waals surface area contributed by atoms with Crippen LogP contribution in [0.25, 0.3) is 0 Å². The van der Waals surface area contributed by atoms with E-state index in [1.165, 1.54) is 6.07 Å². The highest BCUT2D eigenvalue weighted by molar-refractivity contribution is 6.53. The van der Waals surface area contributed by atoms with Gasteiger partial charge in [-0.1, -0.05) is 29.3 Å². The number of carbonyl (C=O) groups excluding carboxylic acids is 3. The van der Waals surface area contributed by atoms with Gasteiger partial charge < -0.3 is 16.0 Å². The summed E-state index contributed by atoms with van der Waals surface area (Å²) < 4.78 is 41.1. The SMILES string of the molecule is CC(=O)Nc1cc(NC(=O)c2cc(NC(=O)C3[C@H](c4ccc(Cl)c(Cl)c4)C3(Cl)Cl)ccc2F)c(F)cc1F. The minimum Gasteiger partial charge on any atom is -0.326 e. The fourth-order valence-electron chi connectivity index (χ4n) is 3.89. The van der Waals surface area contributed by atoms with E-state index in [0.29, 0.717) is 16.7 Å². The maximum atomic E-state index is 14.5. The first kappa shape index (κ1) is 28.0. The first-order chi connectivity index (χ1) is 17.8. The molecule has 3 aromatic carbocycles. The Kier molecular flexibility index (Phi) is 7.86. The summed E-state index contributed by atoms with van der Waals surface area (Å²) >= 11 is 24.7. The van der Waals surface area contributed by atoms with E-state index < -0.39 is 62.6 Å². The van der Waals surface area contributed by atoms with Crippen molar-refractivity contribution in [2.24, 2.45) is 5.92 Å². The number of amides is 3. The molecule has 0 aromatic heterocycles. The van der Waals surface area contributed by atoms with Crippen molar-refractivity contribution in [2.45, 2.75) is 17.2 Å². The van der Waals surface area contributed by atoms with Crippen molar-refractivity contribution in [3.05, 3.63) is 87.2 Å². The maximum Gasteiger partial charge on any atom is 0.258 e. The third-order valence-electron chi connectivity index (χ3n) is 5.73. The van der Waals surface area contributed by atoms with Crippen LogP contribution in [0.2, 0.25) is 10.0 Å². The number of hydrogen-bond donors (Lipinski definition) is 3. The summed E-state index contributed by atoms with van der Waals surface area (Å²) in [6.07, 6.45) is 0. The van der Waals surface area contributed by atoms with Crippen molar-refractivity contribution < 1.29 is 27.6 Å². The highest BCUT2D eigenvalue weighted by atomic mass is 35.5. The summed E-state index contributed by atoms with van der Waals surface area (Å²) in [7, 11) is 0. The van der Waals surface area contributed by atoms with Gasteiger partial charge in [0.15, 0.2) is 0 Å². The molecule has 0 radical (unpaired) electrons. The van der Waals surface area contributed by atoms with E-state index in [2.05, 4.69) is 16.0 Å². The molecular weight excluding hydrogens is 589 g/mol. The van der Waals surface area contributed by atoms with E-state index in [9.17, 15) is 27.6 Å². The number of carbonyl (C=O) groups is 3. The third-order valence-corrected chi connectivity index (χ3v) is 7.41. The Morgan fingerprint density at radius 1 is 0.789 bits per heavy atom. The van der Waals surface area contributed by atoms with Crippen molar-refractivity contribution in [2.75, 3.05) is 16.0 Å². The van der Waals surface area contributed by atoms with Gasteiger partial charge in [-0.3, -0.25) is 14.4 Å². The van der Waals surface area contributed by atoms with E-state index in [-0.39, 0.29) is 16.4 Å². The molecule has 2 atom stereocenters. The second kappa shape index (κ2) is 10.6. The Bertz CT molecular complexity index is 1490. The number of benzene rings is 3. The summed E-state index contributed by atoms with van der Waals surface area (Å²) in [5.41, 5.74) is -0.826. The lowest BCUT2D eigenvalue weighted by Gasteiger charge is -2.12. The molecule has 38 heavy (non-hydrogen) atoms. The van der Waals surface area contributed by atoms with Crippen LogP contribution in [0.4, 0.5) is 30.2 Å². The standard InChI is InChI=1S/C25H16Cl4F3N3O3/c1-10(36)33-19-9-20(18(32)8-17(19)31)35-23(37)13-7-12(3-5-16(13)30)34-24(38)22-21(25(22,28)29)11-2-4-14(26)15(27)6-11/h2-9,21-22H,1H3,(H,33,36)(H,34,38)(H,35,37)/t21-,22?/m0/s1. The molecule has 0 saturated heterocycles. The van der Waals surface area contributed by atoms with Gasteiger partial charge in [0.05, 0.1) is 32.9 Å². The first-order valence-electron chi connectivity index (χ1n) is 10.8. The number of halogens is 7. The zero-order chi connectivity index (χ0) is 27.9. The average molecular weight is 605 g/mol. The molecule has 3 amide bonds. The van der Waals surface area contributed by atoms with Crippen molar-refractivity contribution in [3.63, 3.8) is 0 Å². The van der Waals surface area contributed by atoms with Gasteiger partial charge in [0.2, 0.25) is 11.8 Å². The Balaban J connectivity index is 1.52. The van der Waals surface area contributed by atoms with Crippen LogP contribution in [0.5, 0.6) is 0 Å². The van der Waals surface area contributed by atoms with Gasteiger partial charge in [0, 0.05) is 24.6 Å². The second-order valence-corrected chi connectivity index (χ2v) is 10.7. The van der Waals surface area contributed by atoms with E-state index in [4.69, 9.17) is 46.4 Å². The molecule has 0 spiro atoms. The van der Waals surface area contributed by atoms with E-state index in [1.54, 1.807) is 18.2 Å². The van der Waals surface area contributed by atoms with Crippen molar-refractivity contribution in [3.8, 4) is 0 Å². The zero-order valence-corrected chi connectivity index (χ0v) is 22.2. The van der Waals surface area contributed by atoms with Gasteiger partial charge in [0.1, 0.15) is 21.8 Å². The molecule has 1 unspecified atom stereocenters. The van der Waals surface area contributed by atoms with Crippen LogP contribution in [-0.4, -0.2) is 22.1 Å².